The first-order valence-electron chi connectivity index (χ1n) is 7.41. The molecule has 1 atom stereocenters. The maximum Gasteiger partial charge on any atom is 0.254 e. The Morgan fingerprint density at radius 2 is 2.04 bits per heavy atom. The summed E-state index contributed by atoms with van der Waals surface area (Å²) in [5.74, 6) is 1.39. The highest BCUT2D eigenvalue weighted by atomic mass is 16.1. The molecule has 1 amide bonds. The molecule has 23 heavy (non-hydrogen) atoms. The molecular formula is C16H16N6O. The lowest BCUT2D eigenvalue weighted by Gasteiger charge is -2.10. The minimum atomic E-state index is -0.196. The topological polar surface area (TPSA) is 77.6 Å². The molecule has 7 heteroatoms. The van der Waals surface area contributed by atoms with Gasteiger partial charge in [-0.3, -0.25) is 14.0 Å². The summed E-state index contributed by atoms with van der Waals surface area (Å²) in [7, 11) is 1.87. The predicted molar refractivity (Wildman–Crippen MR) is 84.2 cm³/mol. The van der Waals surface area contributed by atoms with Crippen molar-refractivity contribution in [3.8, 4) is 16.8 Å². The van der Waals surface area contributed by atoms with Crippen molar-refractivity contribution in [2.45, 2.75) is 19.9 Å². The lowest BCUT2D eigenvalue weighted by atomic mass is 10.0. The molecule has 1 aliphatic heterocycles. The second-order valence-electron chi connectivity index (χ2n) is 5.77. The SMILES string of the molecule is Cc1nnc2n1-c1ccc(-c3cnn(C)c3)cc1C(=O)N[C@H]2C. The van der Waals surface area contributed by atoms with Gasteiger partial charge in [0.2, 0.25) is 0 Å². The van der Waals surface area contributed by atoms with E-state index in [9.17, 15) is 4.79 Å². The first-order chi connectivity index (χ1) is 11.0. The van der Waals surface area contributed by atoms with Gasteiger partial charge in [-0.05, 0) is 31.5 Å². The number of hydrogen-bond acceptors (Lipinski definition) is 4. The van der Waals surface area contributed by atoms with Gasteiger partial charge in [-0.2, -0.15) is 5.10 Å². The minimum Gasteiger partial charge on any atom is -0.342 e. The predicted octanol–water partition coefficient (Wildman–Crippen LogP) is 1.78. The first-order valence-corrected chi connectivity index (χ1v) is 7.41. The first kappa shape index (κ1) is 13.7. The average molecular weight is 308 g/mol. The molecule has 4 rings (SSSR count). The molecule has 1 aliphatic rings. The number of benzene rings is 1. The van der Waals surface area contributed by atoms with Crippen LogP contribution in [-0.2, 0) is 7.05 Å². The van der Waals surface area contributed by atoms with E-state index in [4.69, 9.17) is 0 Å². The summed E-state index contributed by atoms with van der Waals surface area (Å²) in [6.45, 7) is 3.80. The molecule has 116 valence electrons. The summed E-state index contributed by atoms with van der Waals surface area (Å²) >= 11 is 0. The summed E-state index contributed by atoms with van der Waals surface area (Å²) in [6, 6.07) is 5.62. The number of nitrogens with one attached hydrogen (secondary N) is 1. The summed E-state index contributed by atoms with van der Waals surface area (Å²) in [5.41, 5.74) is 3.34. The van der Waals surface area contributed by atoms with Crippen molar-refractivity contribution < 1.29 is 4.79 Å². The van der Waals surface area contributed by atoms with Crippen molar-refractivity contribution in [1.82, 2.24) is 29.9 Å². The molecular weight excluding hydrogens is 292 g/mol. The normalized spacial score (nSPS) is 16.5. The van der Waals surface area contributed by atoms with Gasteiger partial charge in [0.25, 0.3) is 5.91 Å². The van der Waals surface area contributed by atoms with E-state index in [1.165, 1.54) is 0 Å². The monoisotopic (exact) mass is 308 g/mol. The Morgan fingerprint density at radius 3 is 2.78 bits per heavy atom. The van der Waals surface area contributed by atoms with Crippen molar-refractivity contribution in [3.05, 3.63) is 47.8 Å². The fourth-order valence-electron chi connectivity index (χ4n) is 2.96. The maximum absolute atomic E-state index is 12.6. The molecule has 0 radical (unpaired) electrons. The van der Waals surface area contributed by atoms with E-state index in [1.807, 2.05) is 49.9 Å². The Morgan fingerprint density at radius 1 is 1.22 bits per heavy atom. The van der Waals surface area contributed by atoms with Gasteiger partial charge in [-0.1, -0.05) is 6.07 Å². The van der Waals surface area contributed by atoms with E-state index in [0.717, 1.165) is 28.5 Å². The van der Waals surface area contributed by atoms with Crippen LogP contribution in [0.1, 0.15) is 35.0 Å². The van der Waals surface area contributed by atoms with E-state index in [2.05, 4.69) is 20.6 Å². The molecule has 7 nitrogen and oxygen atoms in total. The van der Waals surface area contributed by atoms with Crippen LogP contribution in [0.5, 0.6) is 0 Å². The Bertz CT molecular complexity index is 923. The second kappa shape index (κ2) is 4.77. The minimum absolute atomic E-state index is 0.108. The number of amides is 1. The summed E-state index contributed by atoms with van der Waals surface area (Å²) in [6.07, 6.45) is 3.71. The zero-order valence-electron chi connectivity index (χ0n) is 13.1. The van der Waals surface area contributed by atoms with Gasteiger partial charge in [0.05, 0.1) is 23.5 Å². The quantitative estimate of drug-likeness (QED) is 0.743. The molecule has 0 spiro atoms. The van der Waals surface area contributed by atoms with E-state index >= 15 is 0 Å². The maximum atomic E-state index is 12.6. The highest BCUT2D eigenvalue weighted by molar-refractivity contribution is 5.99. The molecule has 3 aromatic rings. The van der Waals surface area contributed by atoms with E-state index < -0.39 is 0 Å². The van der Waals surface area contributed by atoms with Crippen LogP contribution in [0.15, 0.2) is 30.6 Å². The molecule has 3 heterocycles. The van der Waals surface area contributed by atoms with Gasteiger partial charge < -0.3 is 5.32 Å². The molecule has 1 N–H and O–H groups in total. The number of aryl methyl sites for hydroxylation is 2. The molecule has 0 unspecified atom stereocenters. The number of hydrogen-bond donors (Lipinski definition) is 1. The standard InChI is InChI=1S/C16H16N6O/c1-9-15-20-19-10(2)22(15)14-5-4-11(6-13(14)16(23)18-9)12-7-17-21(3)8-12/h4-9H,1-3H3,(H,18,23)/t9-/m0/s1. The number of nitrogens with zero attached hydrogens (tertiary/aromatic N) is 5. The Hall–Kier alpha value is -2.96. The highest BCUT2D eigenvalue weighted by Crippen LogP contribution is 2.29. The fraction of sp³-hybridized carbons (Fsp3) is 0.250. The van der Waals surface area contributed by atoms with Crippen LogP contribution in [0.25, 0.3) is 16.8 Å². The van der Waals surface area contributed by atoms with Crippen LogP contribution < -0.4 is 5.32 Å². The van der Waals surface area contributed by atoms with E-state index in [1.54, 1.807) is 10.9 Å². The summed E-state index contributed by atoms with van der Waals surface area (Å²) in [4.78, 5) is 12.6. The zero-order valence-corrected chi connectivity index (χ0v) is 13.1. The smallest absolute Gasteiger partial charge is 0.254 e. The van der Waals surface area contributed by atoms with Crippen LogP contribution >= 0.6 is 0 Å². The second-order valence-corrected chi connectivity index (χ2v) is 5.77. The van der Waals surface area contributed by atoms with Crippen molar-refractivity contribution in [1.29, 1.82) is 0 Å². The largest absolute Gasteiger partial charge is 0.342 e. The summed E-state index contributed by atoms with van der Waals surface area (Å²) < 4.78 is 3.68. The van der Waals surface area contributed by atoms with Crippen molar-refractivity contribution in [3.63, 3.8) is 0 Å². The van der Waals surface area contributed by atoms with Crippen LogP contribution in [0.3, 0.4) is 0 Å². The van der Waals surface area contributed by atoms with Crippen molar-refractivity contribution in [2.24, 2.45) is 7.05 Å². The van der Waals surface area contributed by atoms with Gasteiger partial charge in [-0.15, -0.1) is 10.2 Å². The number of rotatable bonds is 1. The van der Waals surface area contributed by atoms with Gasteiger partial charge in [-0.25, -0.2) is 0 Å². The molecule has 1 aromatic carbocycles. The number of carbonyl (C=O) groups excluding carboxylic acids is 1. The van der Waals surface area contributed by atoms with Gasteiger partial charge in [0, 0.05) is 18.8 Å². The highest BCUT2D eigenvalue weighted by Gasteiger charge is 2.27. The van der Waals surface area contributed by atoms with Crippen LogP contribution in [0.4, 0.5) is 0 Å². The average Bonchev–Trinajstić information content (AvgIpc) is 3.10. The molecule has 0 saturated carbocycles. The molecule has 0 saturated heterocycles. The van der Waals surface area contributed by atoms with E-state index in [0.29, 0.717) is 5.56 Å². The van der Waals surface area contributed by atoms with Crippen molar-refractivity contribution in [2.75, 3.05) is 0 Å². The third-order valence-electron chi connectivity index (χ3n) is 4.11. The fourth-order valence-corrected chi connectivity index (χ4v) is 2.96. The summed E-state index contributed by atoms with van der Waals surface area (Å²) in [5, 5.41) is 15.5. The van der Waals surface area contributed by atoms with Crippen LogP contribution in [-0.4, -0.2) is 30.5 Å². The zero-order chi connectivity index (χ0) is 16.1. The van der Waals surface area contributed by atoms with E-state index in [-0.39, 0.29) is 11.9 Å². The molecule has 0 bridgehead atoms. The number of fused-ring (bicyclic) bond motifs is 3. The van der Waals surface area contributed by atoms with Crippen molar-refractivity contribution >= 4 is 5.91 Å². The third kappa shape index (κ3) is 2.04. The van der Waals surface area contributed by atoms with Crippen LogP contribution in [0.2, 0.25) is 0 Å². The Labute approximate surface area is 133 Å². The number of aromatic nitrogens is 5. The lowest BCUT2D eigenvalue weighted by Crippen LogP contribution is -2.25. The molecule has 0 fully saturated rings. The van der Waals surface area contributed by atoms with Crippen LogP contribution in [0, 0.1) is 6.92 Å². The Kier molecular flexibility index (Phi) is 2.84. The molecule has 0 aliphatic carbocycles. The number of carbonyl (C=O) groups is 1. The Balaban J connectivity index is 1.94. The lowest BCUT2D eigenvalue weighted by molar-refractivity contribution is 0.0941. The molecule has 2 aromatic heterocycles. The third-order valence-corrected chi connectivity index (χ3v) is 4.11. The van der Waals surface area contributed by atoms with Gasteiger partial charge >= 0.3 is 0 Å². The van der Waals surface area contributed by atoms with Gasteiger partial charge in [0.15, 0.2) is 5.82 Å². The van der Waals surface area contributed by atoms with Gasteiger partial charge in [0.1, 0.15) is 5.82 Å².